The fourth-order valence-corrected chi connectivity index (χ4v) is 8.22. The Morgan fingerprint density at radius 2 is 1.76 bits per heavy atom. The van der Waals surface area contributed by atoms with Gasteiger partial charge < -0.3 is 35.5 Å². The second kappa shape index (κ2) is 15.0. The molecule has 6 rings (SSSR count). The minimum absolute atomic E-state index is 0.405. The van der Waals surface area contributed by atoms with E-state index in [9.17, 15) is 4.57 Å². The zero-order chi connectivity index (χ0) is 34.7. The van der Waals surface area contributed by atoms with Gasteiger partial charge in [0, 0.05) is 80.3 Å². The first-order valence-electron chi connectivity index (χ1n) is 16.9. The normalized spacial score (nSPS) is 16.5. The average Bonchev–Trinajstić information content (AvgIpc) is 3.10. The molecule has 0 radical (unpaired) electrons. The van der Waals surface area contributed by atoms with Crippen molar-refractivity contribution in [2.45, 2.75) is 32.2 Å². The van der Waals surface area contributed by atoms with E-state index in [1.165, 1.54) is 24.1 Å². The van der Waals surface area contributed by atoms with Gasteiger partial charge in [-0.15, -0.1) is 0 Å². The lowest BCUT2D eigenvalue weighted by Gasteiger charge is -2.43. The lowest BCUT2D eigenvalue weighted by atomic mass is 9.99. The maximum atomic E-state index is 13.5. The average molecular weight is 749 g/mol. The van der Waals surface area contributed by atoms with Crippen LogP contribution in [0.5, 0.6) is 5.75 Å². The van der Waals surface area contributed by atoms with E-state index in [2.05, 4.69) is 77.3 Å². The van der Waals surface area contributed by atoms with Gasteiger partial charge in [0.15, 0.2) is 0 Å². The quantitative estimate of drug-likeness (QED) is 0.156. The Morgan fingerprint density at radius 1 is 1.00 bits per heavy atom. The molecule has 2 aromatic heterocycles. The SMILES string of the molecule is CCc1cc(Nc2ncc(Br)c(Nc3ccc(-c4ncccc4N)cc3P(C)(C)=O)n2)c(OC)cc1N1CCC(N2CCN(C)CC2)CC1. The third-order valence-corrected chi connectivity index (χ3v) is 11.7. The Balaban J connectivity index is 1.22. The highest BCUT2D eigenvalue weighted by atomic mass is 79.9. The first-order chi connectivity index (χ1) is 23.5. The van der Waals surface area contributed by atoms with Gasteiger partial charge in [-0.25, -0.2) is 4.98 Å². The Bertz CT molecular complexity index is 1840. The van der Waals surface area contributed by atoms with Gasteiger partial charge in [0.2, 0.25) is 5.95 Å². The van der Waals surface area contributed by atoms with Crippen LogP contribution in [0.3, 0.4) is 0 Å². The van der Waals surface area contributed by atoms with Crippen molar-refractivity contribution in [3.8, 4) is 17.0 Å². The third-order valence-electron chi connectivity index (χ3n) is 9.57. The van der Waals surface area contributed by atoms with Crippen molar-refractivity contribution in [2.24, 2.45) is 0 Å². The van der Waals surface area contributed by atoms with Crippen molar-refractivity contribution in [1.29, 1.82) is 0 Å². The number of halogens is 1. The second-order valence-corrected chi connectivity index (χ2v) is 17.3. The number of piperazine rings is 1. The van der Waals surface area contributed by atoms with Crippen LogP contribution < -0.4 is 31.3 Å². The predicted octanol–water partition coefficient (Wildman–Crippen LogP) is 6.41. The number of nitrogen functional groups attached to an aromatic ring is 1. The minimum atomic E-state index is -2.72. The molecule has 0 spiro atoms. The highest BCUT2D eigenvalue weighted by molar-refractivity contribution is 9.10. The largest absolute Gasteiger partial charge is 0.494 e. The first-order valence-corrected chi connectivity index (χ1v) is 20.3. The van der Waals surface area contributed by atoms with Crippen LogP contribution in [-0.2, 0) is 11.0 Å². The van der Waals surface area contributed by atoms with Crippen molar-refractivity contribution < 1.29 is 9.30 Å². The van der Waals surface area contributed by atoms with Crippen LogP contribution in [0, 0.1) is 0 Å². The molecule has 0 bridgehead atoms. The number of benzene rings is 2. The molecule has 13 heteroatoms. The summed E-state index contributed by atoms with van der Waals surface area (Å²) in [5, 5.41) is 7.47. The lowest BCUT2D eigenvalue weighted by molar-refractivity contribution is 0.0982. The molecule has 0 unspecified atom stereocenters. The summed E-state index contributed by atoms with van der Waals surface area (Å²) in [7, 11) is 1.19. The van der Waals surface area contributed by atoms with Gasteiger partial charge in [0.1, 0.15) is 18.7 Å². The number of ether oxygens (including phenoxy) is 1. The van der Waals surface area contributed by atoms with E-state index in [1.54, 1.807) is 38.9 Å². The number of rotatable bonds is 10. The van der Waals surface area contributed by atoms with E-state index in [4.69, 9.17) is 15.5 Å². The molecule has 0 saturated carbocycles. The molecule has 4 aromatic rings. The number of piperidine rings is 1. The zero-order valence-electron chi connectivity index (χ0n) is 29.0. The Kier molecular flexibility index (Phi) is 10.8. The molecule has 2 saturated heterocycles. The van der Waals surface area contributed by atoms with E-state index >= 15 is 0 Å². The topological polar surface area (TPSA) is 125 Å². The molecule has 2 aliphatic rings. The van der Waals surface area contributed by atoms with Gasteiger partial charge >= 0.3 is 0 Å². The number of nitrogens with two attached hydrogens (primary N) is 1. The molecule has 0 atom stereocenters. The molecule has 2 aromatic carbocycles. The van der Waals surface area contributed by atoms with Gasteiger partial charge in [0.25, 0.3) is 0 Å². The molecule has 11 nitrogen and oxygen atoms in total. The summed E-state index contributed by atoms with van der Waals surface area (Å²) in [6.45, 7) is 12.4. The number of hydrogen-bond acceptors (Lipinski definition) is 11. The van der Waals surface area contributed by atoms with E-state index < -0.39 is 7.14 Å². The maximum absolute atomic E-state index is 13.5. The van der Waals surface area contributed by atoms with Gasteiger partial charge in [-0.2, -0.15) is 4.98 Å². The van der Waals surface area contributed by atoms with E-state index in [-0.39, 0.29) is 0 Å². The molecular weight excluding hydrogens is 701 g/mol. The van der Waals surface area contributed by atoms with E-state index in [1.807, 2.05) is 24.3 Å². The second-order valence-electron chi connectivity index (χ2n) is 13.3. The summed E-state index contributed by atoms with van der Waals surface area (Å²) in [6.07, 6.45) is 6.63. The van der Waals surface area contributed by atoms with Crippen molar-refractivity contribution in [2.75, 3.05) is 88.0 Å². The van der Waals surface area contributed by atoms with Crippen LogP contribution in [0.1, 0.15) is 25.3 Å². The lowest BCUT2D eigenvalue weighted by Crippen LogP contribution is -2.52. The number of aromatic nitrogens is 3. The third kappa shape index (κ3) is 8.04. The number of anilines is 6. The van der Waals surface area contributed by atoms with Crippen LogP contribution in [0.15, 0.2) is 59.3 Å². The van der Waals surface area contributed by atoms with Crippen molar-refractivity contribution in [3.63, 3.8) is 0 Å². The zero-order valence-corrected chi connectivity index (χ0v) is 31.5. The first kappa shape index (κ1) is 35.1. The Labute approximate surface area is 298 Å². The van der Waals surface area contributed by atoms with Crippen LogP contribution in [-0.4, -0.2) is 97.5 Å². The van der Waals surface area contributed by atoms with Gasteiger partial charge in [-0.3, -0.25) is 9.88 Å². The smallest absolute Gasteiger partial charge is 0.229 e. The molecule has 4 N–H and O–H groups in total. The molecule has 0 aliphatic carbocycles. The number of pyridine rings is 1. The number of likely N-dealkylation sites (N-methyl/N-ethyl adjacent to an activating group) is 1. The molecule has 2 fully saturated rings. The van der Waals surface area contributed by atoms with Crippen molar-refractivity contribution in [1.82, 2.24) is 24.8 Å². The summed E-state index contributed by atoms with van der Waals surface area (Å²) >= 11 is 3.60. The van der Waals surface area contributed by atoms with Crippen molar-refractivity contribution >= 4 is 62.9 Å². The fourth-order valence-electron chi connectivity index (χ4n) is 6.77. The summed E-state index contributed by atoms with van der Waals surface area (Å²) in [6, 6.07) is 14.3. The van der Waals surface area contributed by atoms with Crippen LogP contribution in [0.2, 0.25) is 0 Å². The Morgan fingerprint density at radius 3 is 2.43 bits per heavy atom. The number of methoxy groups -OCH3 is 1. The van der Waals surface area contributed by atoms with E-state index in [0.29, 0.717) is 44.7 Å². The maximum Gasteiger partial charge on any atom is 0.229 e. The molecule has 2 aliphatic heterocycles. The van der Waals surface area contributed by atoms with Gasteiger partial charge in [-0.1, -0.05) is 13.0 Å². The van der Waals surface area contributed by atoms with Gasteiger partial charge in [-0.05, 0) is 91.5 Å². The minimum Gasteiger partial charge on any atom is -0.494 e. The van der Waals surface area contributed by atoms with E-state index in [0.717, 1.165) is 62.7 Å². The summed E-state index contributed by atoms with van der Waals surface area (Å²) in [4.78, 5) is 21.4. The summed E-state index contributed by atoms with van der Waals surface area (Å²) in [5.41, 5.74) is 12.2. The molecular formula is C36H47BrN9O2P. The highest BCUT2D eigenvalue weighted by Crippen LogP contribution is 2.41. The predicted molar refractivity (Wildman–Crippen MR) is 206 cm³/mol. The molecule has 260 valence electrons. The number of nitrogens with zero attached hydrogens (tertiary/aromatic N) is 6. The number of aryl methyl sites for hydroxylation is 1. The Hall–Kier alpha value is -3.70. The fraction of sp³-hybridized carbons (Fsp3) is 0.417. The molecule has 0 amide bonds. The van der Waals surface area contributed by atoms with Crippen molar-refractivity contribution in [3.05, 3.63) is 64.9 Å². The summed E-state index contributed by atoms with van der Waals surface area (Å²) in [5.74, 6) is 1.67. The van der Waals surface area contributed by atoms with Crippen LogP contribution in [0.25, 0.3) is 11.3 Å². The summed E-state index contributed by atoms with van der Waals surface area (Å²) < 4.78 is 20.1. The van der Waals surface area contributed by atoms with Crippen LogP contribution in [0.4, 0.5) is 34.5 Å². The molecule has 49 heavy (non-hydrogen) atoms. The van der Waals surface area contributed by atoms with Gasteiger partial charge in [0.05, 0.1) is 34.3 Å². The van der Waals surface area contributed by atoms with Crippen LogP contribution >= 0.6 is 23.1 Å². The highest BCUT2D eigenvalue weighted by Gasteiger charge is 2.28. The number of hydrogen-bond donors (Lipinski definition) is 3. The molecule has 4 heterocycles. The monoisotopic (exact) mass is 747 g/mol. The standard InChI is InChI=1S/C36H47BrN9O2P/c1-6-24-20-30(32(48-3)22-31(24)46-14-11-26(12-15-46)45-18-16-44(2)17-19-45)42-36-40-23-27(37)35(43-36)41-29-10-9-25(21-33(29)49(4,5)47)34-28(38)8-7-13-39-34/h7-10,13,20-23,26H,6,11-12,14-19,38H2,1-5H3,(H2,40,41,42,43). The number of nitrogens with one attached hydrogen (secondary N) is 2.